The van der Waals surface area contributed by atoms with Crippen LogP contribution in [0.2, 0.25) is 0 Å². The summed E-state index contributed by atoms with van der Waals surface area (Å²) in [5.41, 5.74) is 1.70. The van der Waals surface area contributed by atoms with Crippen LogP contribution in [-0.4, -0.2) is 23.9 Å². The van der Waals surface area contributed by atoms with E-state index in [0.29, 0.717) is 34.1 Å². The van der Waals surface area contributed by atoms with E-state index in [1.54, 1.807) is 68.6 Å². The molecule has 2 heterocycles. The molecule has 0 aliphatic carbocycles. The summed E-state index contributed by atoms with van der Waals surface area (Å²) in [6, 6.07) is 16.0. The second-order valence-electron chi connectivity index (χ2n) is 9.44. The van der Waals surface area contributed by atoms with Crippen molar-refractivity contribution in [1.29, 1.82) is 5.26 Å². The van der Waals surface area contributed by atoms with Crippen molar-refractivity contribution in [3.05, 3.63) is 88.4 Å². The maximum absolute atomic E-state index is 13.3. The normalized spacial score (nSPS) is 17.5. The van der Waals surface area contributed by atoms with Crippen LogP contribution < -0.4 is 9.64 Å². The average molecular weight is 471 g/mol. The third-order valence-corrected chi connectivity index (χ3v) is 6.03. The van der Waals surface area contributed by atoms with Gasteiger partial charge in [-0.05, 0) is 66.9 Å². The van der Waals surface area contributed by atoms with E-state index >= 15 is 0 Å². The van der Waals surface area contributed by atoms with Crippen LogP contribution in [0.5, 0.6) is 5.75 Å². The Labute approximate surface area is 203 Å². The van der Waals surface area contributed by atoms with Crippen molar-refractivity contribution in [1.82, 2.24) is 0 Å². The number of aliphatic hydroxyl groups excluding tert-OH is 1. The zero-order valence-corrected chi connectivity index (χ0v) is 20.2. The van der Waals surface area contributed by atoms with Gasteiger partial charge in [-0.1, -0.05) is 20.8 Å². The number of furan rings is 1. The number of nitriles is 1. The second kappa shape index (κ2) is 8.80. The molecule has 2 aromatic carbocycles. The summed E-state index contributed by atoms with van der Waals surface area (Å²) in [7, 11) is 1.58. The lowest BCUT2D eigenvalue weighted by Crippen LogP contribution is -2.29. The highest BCUT2D eigenvalue weighted by molar-refractivity contribution is 6.51. The Morgan fingerprint density at radius 1 is 1.09 bits per heavy atom. The van der Waals surface area contributed by atoms with Crippen molar-refractivity contribution in [2.24, 2.45) is 0 Å². The SMILES string of the molecule is COc1ccc(/C(O)=C2/C(=O)C(=O)N(c3ccc(C#N)cc3)C2c2ccc(C)o2)cc1C(C)(C)C. The fourth-order valence-corrected chi connectivity index (χ4v) is 4.26. The number of benzene rings is 2. The highest BCUT2D eigenvalue weighted by atomic mass is 16.5. The molecule has 1 unspecified atom stereocenters. The molecular formula is C28H26N2O5. The molecule has 1 aliphatic rings. The molecule has 1 N–H and O–H groups in total. The number of rotatable bonds is 4. The van der Waals surface area contributed by atoms with E-state index in [2.05, 4.69) is 0 Å². The number of ketones is 1. The van der Waals surface area contributed by atoms with Crippen molar-refractivity contribution >= 4 is 23.1 Å². The van der Waals surface area contributed by atoms with Crippen LogP contribution in [0.1, 0.15) is 55.0 Å². The van der Waals surface area contributed by atoms with Gasteiger partial charge >= 0.3 is 0 Å². The van der Waals surface area contributed by atoms with Gasteiger partial charge < -0.3 is 14.3 Å². The van der Waals surface area contributed by atoms with Crippen molar-refractivity contribution in [3.63, 3.8) is 0 Å². The molecule has 0 saturated carbocycles. The minimum atomic E-state index is -0.975. The third kappa shape index (κ3) is 4.19. The molecule has 1 atom stereocenters. The summed E-state index contributed by atoms with van der Waals surface area (Å²) < 4.78 is 11.3. The van der Waals surface area contributed by atoms with Crippen LogP contribution in [-0.2, 0) is 15.0 Å². The summed E-state index contributed by atoms with van der Waals surface area (Å²) in [5, 5.41) is 20.5. The molecule has 35 heavy (non-hydrogen) atoms. The molecular weight excluding hydrogens is 444 g/mol. The molecule has 1 aromatic heterocycles. The lowest BCUT2D eigenvalue weighted by atomic mass is 9.84. The first-order chi connectivity index (χ1) is 16.6. The van der Waals surface area contributed by atoms with Gasteiger partial charge in [0.2, 0.25) is 0 Å². The Kier molecular flexibility index (Phi) is 5.99. The molecule has 0 bridgehead atoms. The number of aryl methyl sites for hydroxylation is 1. The second-order valence-corrected chi connectivity index (χ2v) is 9.44. The average Bonchev–Trinajstić information content (AvgIpc) is 3.38. The molecule has 1 amide bonds. The fourth-order valence-electron chi connectivity index (χ4n) is 4.26. The Morgan fingerprint density at radius 3 is 2.31 bits per heavy atom. The van der Waals surface area contributed by atoms with Crippen LogP contribution in [0.15, 0.2) is 64.6 Å². The molecule has 7 heteroatoms. The summed E-state index contributed by atoms with van der Waals surface area (Å²) in [6.07, 6.45) is 0. The van der Waals surface area contributed by atoms with E-state index in [1.807, 2.05) is 26.8 Å². The molecule has 0 radical (unpaired) electrons. The predicted molar refractivity (Wildman–Crippen MR) is 131 cm³/mol. The van der Waals surface area contributed by atoms with Gasteiger partial charge in [-0.2, -0.15) is 5.26 Å². The van der Waals surface area contributed by atoms with Gasteiger partial charge in [-0.15, -0.1) is 0 Å². The summed E-state index contributed by atoms with van der Waals surface area (Å²) in [4.78, 5) is 27.8. The van der Waals surface area contributed by atoms with Crippen molar-refractivity contribution in [2.75, 3.05) is 12.0 Å². The number of anilines is 1. The van der Waals surface area contributed by atoms with Gasteiger partial charge in [0.1, 0.15) is 29.1 Å². The quantitative estimate of drug-likeness (QED) is 0.311. The monoisotopic (exact) mass is 470 g/mol. The van der Waals surface area contributed by atoms with E-state index in [0.717, 1.165) is 5.56 Å². The zero-order chi connectivity index (χ0) is 25.5. The standard InChI is InChI=1S/C28H26N2O5/c1-16-6-12-22(35-16)24-23(25(31)18-9-13-21(34-5)20(14-18)28(2,3)4)26(32)27(33)30(24)19-10-7-17(15-29)8-11-19/h6-14,24,31H,1-5H3/b25-23-. The number of hydrogen-bond acceptors (Lipinski definition) is 6. The number of methoxy groups -OCH3 is 1. The van der Waals surface area contributed by atoms with Crippen LogP contribution >= 0.6 is 0 Å². The molecule has 4 rings (SSSR count). The maximum atomic E-state index is 13.3. The van der Waals surface area contributed by atoms with Crippen LogP contribution in [0.4, 0.5) is 5.69 Å². The highest BCUT2D eigenvalue weighted by Crippen LogP contribution is 2.43. The van der Waals surface area contributed by atoms with Crippen LogP contribution in [0.25, 0.3) is 5.76 Å². The van der Waals surface area contributed by atoms with Gasteiger partial charge in [0.05, 0.1) is 24.3 Å². The summed E-state index contributed by atoms with van der Waals surface area (Å²) >= 11 is 0. The van der Waals surface area contributed by atoms with Gasteiger partial charge in [0.15, 0.2) is 0 Å². The number of aliphatic hydroxyl groups is 1. The summed E-state index contributed by atoms with van der Waals surface area (Å²) in [5.74, 6) is -0.307. The van der Waals surface area contributed by atoms with Crippen molar-refractivity contribution in [2.45, 2.75) is 39.2 Å². The summed E-state index contributed by atoms with van der Waals surface area (Å²) in [6.45, 7) is 7.81. The Hall–Kier alpha value is -4.31. The zero-order valence-electron chi connectivity index (χ0n) is 20.2. The third-order valence-electron chi connectivity index (χ3n) is 6.03. The minimum Gasteiger partial charge on any atom is -0.507 e. The first-order valence-electron chi connectivity index (χ1n) is 11.1. The Balaban J connectivity index is 1.93. The van der Waals surface area contributed by atoms with Crippen molar-refractivity contribution < 1.29 is 23.8 Å². The van der Waals surface area contributed by atoms with Gasteiger partial charge in [-0.25, -0.2) is 0 Å². The van der Waals surface area contributed by atoms with Crippen LogP contribution in [0.3, 0.4) is 0 Å². The first kappa shape index (κ1) is 23.8. The number of Topliss-reactive ketones (excluding diaryl/α,β-unsaturated/α-hetero) is 1. The Morgan fingerprint density at radius 2 is 1.77 bits per heavy atom. The number of carbonyl (C=O) groups excluding carboxylic acids is 2. The lowest BCUT2D eigenvalue weighted by Gasteiger charge is -2.24. The van der Waals surface area contributed by atoms with Gasteiger partial charge in [0.25, 0.3) is 11.7 Å². The van der Waals surface area contributed by atoms with E-state index < -0.39 is 17.7 Å². The number of nitrogens with zero attached hydrogens (tertiary/aromatic N) is 2. The largest absolute Gasteiger partial charge is 0.507 e. The maximum Gasteiger partial charge on any atom is 0.300 e. The lowest BCUT2D eigenvalue weighted by molar-refractivity contribution is -0.132. The first-order valence-corrected chi connectivity index (χ1v) is 11.1. The number of carbonyl (C=O) groups is 2. The van der Waals surface area contributed by atoms with E-state index in [9.17, 15) is 14.7 Å². The Bertz CT molecular complexity index is 1380. The molecule has 0 spiro atoms. The van der Waals surface area contributed by atoms with Crippen LogP contribution in [0, 0.1) is 18.3 Å². The van der Waals surface area contributed by atoms with E-state index in [-0.39, 0.29) is 16.7 Å². The molecule has 1 fully saturated rings. The number of hydrogen-bond donors (Lipinski definition) is 1. The van der Waals surface area contributed by atoms with Gasteiger partial charge in [0, 0.05) is 16.8 Å². The van der Waals surface area contributed by atoms with Crippen molar-refractivity contribution in [3.8, 4) is 11.8 Å². The van der Waals surface area contributed by atoms with E-state index in [4.69, 9.17) is 14.4 Å². The van der Waals surface area contributed by atoms with Gasteiger partial charge in [-0.3, -0.25) is 14.5 Å². The number of amides is 1. The number of ether oxygens (including phenoxy) is 1. The topological polar surface area (TPSA) is 104 Å². The van der Waals surface area contributed by atoms with E-state index in [1.165, 1.54) is 4.90 Å². The minimum absolute atomic E-state index is 0.0706. The molecule has 3 aromatic rings. The molecule has 1 saturated heterocycles. The smallest absolute Gasteiger partial charge is 0.300 e. The molecule has 7 nitrogen and oxygen atoms in total. The molecule has 178 valence electrons. The molecule has 1 aliphatic heterocycles. The predicted octanol–water partition coefficient (Wildman–Crippen LogP) is 5.39. The highest BCUT2D eigenvalue weighted by Gasteiger charge is 2.48. The fraction of sp³-hybridized carbons (Fsp3) is 0.250.